The van der Waals surface area contributed by atoms with Crippen LogP contribution < -0.4 is 5.32 Å². The van der Waals surface area contributed by atoms with Crippen molar-refractivity contribution in [3.63, 3.8) is 0 Å². The Kier molecular flexibility index (Phi) is 44.6. The van der Waals surface area contributed by atoms with Crippen LogP contribution in [-0.4, -0.2) is 46.9 Å². The number of amides is 1. The van der Waals surface area contributed by atoms with Crippen molar-refractivity contribution in [2.75, 3.05) is 6.61 Å². The highest BCUT2D eigenvalue weighted by Gasteiger charge is 2.24. The summed E-state index contributed by atoms with van der Waals surface area (Å²) >= 11 is 0. The van der Waals surface area contributed by atoms with Crippen LogP contribution in [0.3, 0.4) is 0 Å². The second kappa shape index (κ2) is 45.7. The number of hydrogen-bond acceptors (Lipinski definition) is 5. The average Bonchev–Trinajstić information content (AvgIpc) is 3.20. The maximum Gasteiger partial charge on any atom is 0.306 e. The van der Waals surface area contributed by atoms with Crippen LogP contribution in [0.15, 0.2) is 12.2 Å². The van der Waals surface area contributed by atoms with Gasteiger partial charge in [-0.3, -0.25) is 9.59 Å². The minimum Gasteiger partial charge on any atom is -0.462 e. The van der Waals surface area contributed by atoms with Gasteiger partial charge in [-0.05, 0) is 51.4 Å². The van der Waals surface area contributed by atoms with Crippen LogP contribution >= 0.6 is 0 Å². The molecule has 0 radical (unpaired) electrons. The van der Waals surface area contributed by atoms with Gasteiger partial charge in [0.2, 0.25) is 5.91 Å². The lowest BCUT2D eigenvalue weighted by Crippen LogP contribution is -2.46. The standard InChI is InChI=1S/C51H99NO5/c1-4-7-10-13-16-19-22-23-24-25-26-27-29-32-35-38-41-44-51(56)57-47(42-39-36-33-30-21-18-15-12-9-6-3)45-50(55)52-48(46-53)49(54)43-40-37-34-31-28-20-17-14-11-8-5-2/h23-24,47-49,53-54H,4-22,25-46H2,1-3H3,(H,52,55)/b24-23+. The van der Waals surface area contributed by atoms with E-state index in [2.05, 4.69) is 38.2 Å². The number of unbranched alkanes of at least 4 members (excludes halogenated alkanes) is 32. The first kappa shape index (κ1) is 55.6. The van der Waals surface area contributed by atoms with Crippen LogP contribution in [0.4, 0.5) is 0 Å². The number of carbonyl (C=O) groups excluding carboxylic acids is 2. The summed E-state index contributed by atoms with van der Waals surface area (Å²) in [6.07, 6.45) is 49.9. The zero-order valence-corrected chi connectivity index (χ0v) is 38.5. The molecule has 0 saturated heterocycles. The lowest BCUT2D eigenvalue weighted by molar-refractivity contribution is -0.151. The maximum atomic E-state index is 13.1. The maximum absolute atomic E-state index is 13.1. The summed E-state index contributed by atoms with van der Waals surface area (Å²) in [5.41, 5.74) is 0. The molecule has 6 nitrogen and oxygen atoms in total. The predicted octanol–water partition coefficient (Wildman–Crippen LogP) is 15.0. The first-order valence-corrected chi connectivity index (χ1v) is 25.4. The summed E-state index contributed by atoms with van der Waals surface area (Å²) < 4.78 is 5.92. The molecule has 0 aromatic heterocycles. The smallest absolute Gasteiger partial charge is 0.306 e. The van der Waals surface area contributed by atoms with Crippen LogP contribution in [0.2, 0.25) is 0 Å². The number of aliphatic hydroxyl groups is 2. The highest BCUT2D eigenvalue weighted by molar-refractivity contribution is 5.77. The number of rotatable bonds is 46. The fraction of sp³-hybridized carbons (Fsp3) is 0.922. The predicted molar refractivity (Wildman–Crippen MR) is 246 cm³/mol. The van der Waals surface area contributed by atoms with Crippen LogP contribution in [-0.2, 0) is 14.3 Å². The largest absolute Gasteiger partial charge is 0.462 e. The molecule has 57 heavy (non-hydrogen) atoms. The SMILES string of the molecule is CCCCCCCC/C=C/CCCCCCCCCC(=O)OC(CCCCCCCCCCCC)CC(=O)NC(CO)C(O)CCCCCCCCCCCCC. The van der Waals surface area contributed by atoms with E-state index < -0.39 is 18.2 Å². The third-order valence-corrected chi connectivity index (χ3v) is 11.8. The second-order valence-corrected chi connectivity index (χ2v) is 17.6. The van der Waals surface area contributed by atoms with E-state index in [4.69, 9.17) is 4.74 Å². The summed E-state index contributed by atoms with van der Waals surface area (Å²) in [6, 6.07) is -0.694. The summed E-state index contributed by atoms with van der Waals surface area (Å²) in [7, 11) is 0. The molecule has 0 aromatic carbocycles. The van der Waals surface area contributed by atoms with Gasteiger partial charge in [0.15, 0.2) is 0 Å². The van der Waals surface area contributed by atoms with Gasteiger partial charge in [-0.25, -0.2) is 0 Å². The van der Waals surface area contributed by atoms with E-state index in [0.717, 1.165) is 44.9 Å². The Balaban J connectivity index is 4.46. The second-order valence-electron chi connectivity index (χ2n) is 17.6. The van der Waals surface area contributed by atoms with Crippen molar-refractivity contribution in [3.05, 3.63) is 12.2 Å². The zero-order valence-electron chi connectivity index (χ0n) is 38.5. The van der Waals surface area contributed by atoms with Gasteiger partial charge < -0.3 is 20.3 Å². The molecule has 0 saturated carbocycles. The van der Waals surface area contributed by atoms with Crippen LogP contribution in [0, 0.1) is 0 Å². The molecule has 338 valence electrons. The summed E-state index contributed by atoms with van der Waals surface area (Å²) in [4.78, 5) is 26.1. The quantitative estimate of drug-likeness (QED) is 0.0323. The van der Waals surface area contributed by atoms with Gasteiger partial charge in [-0.15, -0.1) is 0 Å². The van der Waals surface area contributed by atoms with E-state index in [1.54, 1.807) is 0 Å². The summed E-state index contributed by atoms with van der Waals surface area (Å²) in [5, 5.41) is 23.7. The number of carbonyl (C=O) groups is 2. The molecule has 0 aliphatic heterocycles. The van der Waals surface area contributed by atoms with Crippen molar-refractivity contribution in [3.8, 4) is 0 Å². The Morgan fingerprint density at radius 1 is 0.491 bits per heavy atom. The van der Waals surface area contributed by atoms with Gasteiger partial charge in [0.1, 0.15) is 6.10 Å². The molecule has 0 bridgehead atoms. The van der Waals surface area contributed by atoms with Gasteiger partial charge >= 0.3 is 5.97 Å². The lowest BCUT2D eigenvalue weighted by atomic mass is 10.0. The lowest BCUT2D eigenvalue weighted by Gasteiger charge is -2.24. The highest BCUT2D eigenvalue weighted by Crippen LogP contribution is 2.18. The Bertz CT molecular complexity index is 863. The molecule has 1 amide bonds. The van der Waals surface area contributed by atoms with E-state index in [1.807, 2.05) is 0 Å². The number of aliphatic hydroxyl groups excluding tert-OH is 2. The Labute approximate surface area is 355 Å². The van der Waals surface area contributed by atoms with E-state index in [1.165, 1.54) is 186 Å². The topological polar surface area (TPSA) is 95.9 Å². The zero-order chi connectivity index (χ0) is 41.7. The fourth-order valence-electron chi connectivity index (χ4n) is 7.96. The molecule has 0 heterocycles. The molecule has 0 aliphatic carbocycles. The summed E-state index contributed by atoms with van der Waals surface area (Å²) in [6.45, 7) is 6.48. The fourth-order valence-corrected chi connectivity index (χ4v) is 7.96. The van der Waals surface area contributed by atoms with Gasteiger partial charge in [0.25, 0.3) is 0 Å². The van der Waals surface area contributed by atoms with Crippen molar-refractivity contribution in [1.82, 2.24) is 5.32 Å². The van der Waals surface area contributed by atoms with E-state index in [-0.39, 0.29) is 24.9 Å². The first-order valence-electron chi connectivity index (χ1n) is 25.4. The van der Waals surface area contributed by atoms with Crippen LogP contribution in [0.5, 0.6) is 0 Å². The monoisotopic (exact) mass is 806 g/mol. The minimum absolute atomic E-state index is 0.0824. The third kappa shape index (κ3) is 41.1. The third-order valence-electron chi connectivity index (χ3n) is 11.8. The number of allylic oxidation sites excluding steroid dienone is 2. The van der Waals surface area contributed by atoms with E-state index in [9.17, 15) is 19.8 Å². The average molecular weight is 806 g/mol. The molecule has 0 aromatic rings. The molecule has 6 heteroatoms. The Morgan fingerprint density at radius 3 is 1.25 bits per heavy atom. The van der Waals surface area contributed by atoms with Crippen molar-refractivity contribution in [1.29, 1.82) is 0 Å². The van der Waals surface area contributed by atoms with Crippen molar-refractivity contribution >= 4 is 11.9 Å². The van der Waals surface area contributed by atoms with Gasteiger partial charge in [0.05, 0.1) is 25.2 Å². The molecule has 3 unspecified atom stereocenters. The molecular weight excluding hydrogens is 707 g/mol. The molecule has 0 fully saturated rings. The molecular formula is C51H99NO5. The van der Waals surface area contributed by atoms with Crippen molar-refractivity contribution < 1.29 is 24.5 Å². The summed E-state index contributed by atoms with van der Waals surface area (Å²) in [5.74, 6) is -0.465. The van der Waals surface area contributed by atoms with Crippen molar-refractivity contribution in [2.45, 2.75) is 296 Å². The van der Waals surface area contributed by atoms with Crippen LogP contribution in [0.1, 0.15) is 278 Å². The minimum atomic E-state index is -0.781. The first-order chi connectivity index (χ1) is 28.0. The van der Waals surface area contributed by atoms with E-state index in [0.29, 0.717) is 19.3 Å². The van der Waals surface area contributed by atoms with E-state index >= 15 is 0 Å². The van der Waals surface area contributed by atoms with Gasteiger partial charge in [-0.1, -0.05) is 226 Å². The molecule has 0 aliphatic rings. The Morgan fingerprint density at radius 2 is 0.842 bits per heavy atom. The van der Waals surface area contributed by atoms with Crippen molar-refractivity contribution in [2.24, 2.45) is 0 Å². The normalized spacial score (nSPS) is 13.3. The molecule has 3 atom stereocenters. The Hall–Kier alpha value is -1.40. The molecule has 0 spiro atoms. The van der Waals surface area contributed by atoms with Crippen LogP contribution in [0.25, 0.3) is 0 Å². The van der Waals surface area contributed by atoms with Gasteiger partial charge in [-0.2, -0.15) is 0 Å². The number of nitrogens with one attached hydrogen (secondary N) is 1. The number of hydrogen-bond donors (Lipinski definition) is 3. The number of ether oxygens (including phenoxy) is 1. The number of esters is 1. The molecule has 0 rings (SSSR count). The van der Waals surface area contributed by atoms with Gasteiger partial charge in [0, 0.05) is 6.42 Å². The highest BCUT2D eigenvalue weighted by atomic mass is 16.5. The molecule has 3 N–H and O–H groups in total.